The van der Waals surface area contributed by atoms with Gasteiger partial charge in [0.15, 0.2) is 23.0 Å². The van der Waals surface area contributed by atoms with Crippen molar-refractivity contribution in [2.75, 3.05) is 13.7 Å². The first kappa shape index (κ1) is 32.1. The second-order valence-corrected chi connectivity index (χ2v) is 15.1. The quantitative estimate of drug-likeness (QED) is 0.242. The van der Waals surface area contributed by atoms with E-state index >= 15 is 0 Å². The minimum absolute atomic E-state index is 0.0444. The van der Waals surface area contributed by atoms with Crippen molar-refractivity contribution >= 4 is 16.8 Å². The van der Waals surface area contributed by atoms with Crippen LogP contribution >= 0.6 is 0 Å². The molecule has 0 amide bonds. The van der Waals surface area contributed by atoms with Gasteiger partial charge in [-0.05, 0) is 109 Å². The summed E-state index contributed by atoms with van der Waals surface area (Å²) in [5.41, 5.74) is 0.595. The van der Waals surface area contributed by atoms with E-state index in [1.807, 2.05) is 27.7 Å². The van der Waals surface area contributed by atoms with Gasteiger partial charge < -0.3 is 19.3 Å². The highest BCUT2D eigenvalue weighted by atomic mass is 32.2. The van der Waals surface area contributed by atoms with Crippen LogP contribution in [0.5, 0.6) is 17.2 Å². The molecule has 3 atom stereocenters. The monoisotopic (exact) mass is 624 g/mol. The molecule has 5 rings (SSSR count). The van der Waals surface area contributed by atoms with Crippen LogP contribution in [0.25, 0.3) is 11.3 Å². The standard InChI is InChI=1S/C34H41FN2O6S/c1-20-16-22(8-12-25(20)35)30-31-24(33(5,19-42-31)37-44(40)32(2,3)4)18-29(36-30)34(6,39)15-14-26(38)21-9-13-27(28(17-21)41-7)43-23-10-11-23/h8-9,12-13,16-18,23,37,39H,10-11,14-15,19H2,1-7H3. The number of hydrogen-bond donors (Lipinski definition) is 2. The van der Waals surface area contributed by atoms with E-state index in [0.717, 1.165) is 12.8 Å². The van der Waals surface area contributed by atoms with E-state index in [2.05, 4.69) is 4.72 Å². The zero-order chi connectivity index (χ0) is 32.0. The van der Waals surface area contributed by atoms with Gasteiger partial charge in [0.05, 0.1) is 40.2 Å². The van der Waals surface area contributed by atoms with Gasteiger partial charge in [0.25, 0.3) is 0 Å². The van der Waals surface area contributed by atoms with Crippen molar-refractivity contribution in [1.82, 2.24) is 9.71 Å². The number of carbonyl (C=O) groups is 1. The molecule has 1 aliphatic carbocycles. The molecule has 10 heteroatoms. The summed E-state index contributed by atoms with van der Waals surface area (Å²) < 4.78 is 47.6. The molecule has 0 saturated heterocycles. The molecule has 2 aliphatic rings. The number of hydrogen-bond acceptors (Lipinski definition) is 7. The second kappa shape index (κ2) is 11.9. The zero-order valence-corrected chi connectivity index (χ0v) is 27.2. The molecule has 44 heavy (non-hydrogen) atoms. The number of aryl methyl sites for hydroxylation is 1. The predicted molar refractivity (Wildman–Crippen MR) is 168 cm³/mol. The Morgan fingerprint density at radius 3 is 2.52 bits per heavy atom. The molecule has 2 aromatic carbocycles. The number of nitrogens with one attached hydrogen (secondary N) is 1. The Morgan fingerprint density at radius 1 is 1.16 bits per heavy atom. The van der Waals surface area contributed by atoms with Gasteiger partial charge in [0.1, 0.15) is 23.7 Å². The Balaban J connectivity index is 1.47. The van der Waals surface area contributed by atoms with Crippen LogP contribution in [0.1, 0.15) is 87.5 Å². The Kier molecular flexibility index (Phi) is 8.65. The Labute approximate surface area is 260 Å². The molecule has 0 bridgehead atoms. The third-order valence-electron chi connectivity index (χ3n) is 8.07. The average molecular weight is 625 g/mol. The van der Waals surface area contributed by atoms with Gasteiger partial charge in [-0.3, -0.25) is 4.79 Å². The van der Waals surface area contributed by atoms with Gasteiger partial charge in [0.2, 0.25) is 0 Å². The predicted octanol–water partition coefficient (Wildman–Crippen LogP) is 6.28. The van der Waals surface area contributed by atoms with Crippen molar-refractivity contribution in [2.45, 2.75) is 89.2 Å². The largest absolute Gasteiger partial charge is 0.493 e. The molecule has 0 spiro atoms. The van der Waals surface area contributed by atoms with E-state index in [-0.39, 0.29) is 37.2 Å². The number of methoxy groups -OCH3 is 1. The molecule has 1 aromatic heterocycles. The Bertz CT molecular complexity index is 1610. The molecule has 3 aromatic rings. The number of rotatable bonds is 11. The number of aliphatic hydroxyl groups is 1. The molecule has 1 saturated carbocycles. The van der Waals surface area contributed by atoms with Crippen molar-refractivity contribution < 1.29 is 32.7 Å². The number of nitrogens with zero attached hydrogens (tertiary/aromatic N) is 1. The van der Waals surface area contributed by atoms with Gasteiger partial charge in [0, 0.05) is 23.1 Å². The van der Waals surface area contributed by atoms with Crippen LogP contribution in [0, 0.1) is 12.7 Å². The maximum absolute atomic E-state index is 14.2. The van der Waals surface area contributed by atoms with E-state index in [4.69, 9.17) is 19.2 Å². The highest BCUT2D eigenvalue weighted by Gasteiger charge is 2.43. The third kappa shape index (κ3) is 6.67. The first-order valence-corrected chi connectivity index (χ1v) is 16.0. The molecular formula is C34H41FN2O6S. The normalized spacial score (nSPS) is 19.9. The van der Waals surface area contributed by atoms with Gasteiger partial charge >= 0.3 is 0 Å². The lowest BCUT2D eigenvalue weighted by atomic mass is 9.88. The number of aromatic nitrogens is 1. The Hall–Kier alpha value is -3.34. The molecule has 0 radical (unpaired) electrons. The summed E-state index contributed by atoms with van der Waals surface area (Å²) >= 11 is 0. The zero-order valence-electron chi connectivity index (χ0n) is 26.4. The summed E-state index contributed by atoms with van der Waals surface area (Å²) in [5.74, 6) is 1.08. The highest BCUT2D eigenvalue weighted by molar-refractivity contribution is 7.84. The SMILES string of the molecule is COc1cc(C(=O)CCC(C)(O)c2cc3c(c(-c4ccc(F)c(C)c4)n2)OCC3(C)NS(=O)C(C)(C)C)ccc1OC1CC1. The number of ketones is 1. The summed E-state index contributed by atoms with van der Waals surface area (Å²) in [6.45, 7) is 11.0. The second-order valence-electron chi connectivity index (χ2n) is 13.2. The van der Waals surface area contributed by atoms with E-state index < -0.39 is 26.9 Å². The fourth-order valence-electron chi connectivity index (χ4n) is 5.02. The molecule has 2 N–H and O–H groups in total. The fourth-order valence-corrected chi connectivity index (χ4v) is 5.91. The van der Waals surface area contributed by atoms with Crippen molar-refractivity contribution in [3.8, 4) is 28.5 Å². The lowest BCUT2D eigenvalue weighted by Crippen LogP contribution is -2.47. The summed E-state index contributed by atoms with van der Waals surface area (Å²) in [4.78, 5) is 18.1. The van der Waals surface area contributed by atoms with E-state index in [0.29, 0.717) is 50.9 Å². The first-order chi connectivity index (χ1) is 20.6. The van der Waals surface area contributed by atoms with Crippen molar-refractivity contribution in [3.05, 3.63) is 70.7 Å². The van der Waals surface area contributed by atoms with Crippen LogP contribution in [-0.2, 0) is 22.1 Å². The average Bonchev–Trinajstić information content (AvgIpc) is 3.73. The molecule has 1 fully saturated rings. The van der Waals surface area contributed by atoms with Crippen LogP contribution in [-0.4, -0.2) is 44.7 Å². The summed E-state index contributed by atoms with van der Waals surface area (Å²) in [6.07, 6.45) is 2.34. The van der Waals surface area contributed by atoms with Crippen molar-refractivity contribution in [2.24, 2.45) is 0 Å². The fraction of sp³-hybridized carbons (Fsp3) is 0.471. The molecular weight excluding hydrogens is 583 g/mol. The van der Waals surface area contributed by atoms with Gasteiger partial charge in [-0.15, -0.1) is 0 Å². The minimum Gasteiger partial charge on any atom is -0.493 e. The van der Waals surface area contributed by atoms with Crippen LogP contribution in [0.15, 0.2) is 42.5 Å². The van der Waals surface area contributed by atoms with E-state index in [9.17, 15) is 18.5 Å². The lowest BCUT2D eigenvalue weighted by Gasteiger charge is -2.30. The van der Waals surface area contributed by atoms with Crippen LogP contribution < -0.4 is 18.9 Å². The van der Waals surface area contributed by atoms with Gasteiger partial charge in [-0.1, -0.05) is 0 Å². The van der Waals surface area contributed by atoms with Crippen LogP contribution in [0.3, 0.4) is 0 Å². The number of ether oxygens (including phenoxy) is 3. The highest BCUT2D eigenvalue weighted by Crippen LogP contribution is 2.45. The number of carbonyl (C=O) groups excluding carboxylic acids is 1. The molecule has 3 unspecified atom stereocenters. The summed E-state index contributed by atoms with van der Waals surface area (Å²) in [5, 5.41) is 11.8. The lowest BCUT2D eigenvalue weighted by molar-refractivity contribution is 0.0396. The number of pyridine rings is 1. The number of halogens is 1. The van der Waals surface area contributed by atoms with Crippen molar-refractivity contribution in [1.29, 1.82) is 0 Å². The first-order valence-electron chi connectivity index (χ1n) is 14.9. The van der Waals surface area contributed by atoms with Crippen molar-refractivity contribution in [3.63, 3.8) is 0 Å². The number of benzene rings is 2. The van der Waals surface area contributed by atoms with E-state index in [1.54, 1.807) is 50.2 Å². The molecule has 1 aliphatic heterocycles. The van der Waals surface area contributed by atoms with Gasteiger partial charge in [-0.25, -0.2) is 18.3 Å². The molecule has 8 nitrogen and oxygen atoms in total. The van der Waals surface area contributed by atoms with E-state index in [1.165, 1.54) is 13.2 Å². The molecule has 236 valence electrons. The van der Waals surface area contributed by atoms with Gasteiger partial charge in [-0.2, -0.15) is 0 Å². The maximum Gasteiger partial charge on any atom is 0.163 e. The van der Waals surface area contributed by atoms with Crippen LogP contribution in [0.2, 0.25) is 0 Å². The summed E-state index contributed by atoms with van der Waals surface area (Å²) in [7, 11) is 0.118. The topological polar surface area (TPSA) is 107 Å². The third-order valence-corrected chi connectivity index (χ3v) is 9.82. The van der Waals surface area contributed by atoms with Crippen LogP contribution in [0.4, 0.5) is 4.39 Å². The smallest absolute Gasteiger partial charge is 0.163 e. The molecule has 2 heterocycles. The number of fused-ring (bicyclic) bond motifs is 1. The minimum atomic E-state index is -1.51. The number of Topliss-reactive ketones (excluding diaryl/α,β-unsaturated/α-hetero) is 1. The summed E-state index contributed by atoms with van der Waals surface area (Å²) in [6, 6.07) is 11.6. The Morgan fingerprint density at radius 2 is 1.89 bits per heavy atom. The maximum atomic E-state index is 14.2.